The molecule has 0 aliphatic rings. The average molecular weight is 105 g/mol. The molecule has 0 fully saturated rings. The molecule has 0 unspecified atom stereocenters. The van der Waals surface area contributed by atoms with Crippen LogP contribution in [0.25, 0.3) is 0 Å². The van der Waals surface area contributed by atoms with Crippen molar-refractivity contribution >= 4 is 0 Å². The topological polar surface area (TPSA) is 3.24 Å². The zero-order valence-electron chi connectivity index (χ0n) is 7.15. The molecule has 0 aromatic heterocycles. The van der Waals surface area contributed by atoms with Crippen molar-refractivity contribution in [2.24, 2.45) is 0 Å². The van der Waals surface area contributed by atoms with E-state index in [1.54, 1.807) is 11.9 Å². The van der Waals surface area contributed by atoms with E-state index in [9.17, 15) is 0 Å². The first kappa shape index (κ1) is 3.90. The normalized spacial score (nSPS) is 14.9. The molecular weight excluding hydrogens is 86.1 g/mol. The van der Waals surface area contributed by atoms with Crippen LogP contribution in [0.5, 0.6) is 0 Å². The number of unbranched alkanes of at least 4 members (excludes halogenated alkanes) is 1. The van der Waals surface area contributed by atoms with E-state index in [0.29, 0.717) is 0 Å². The molecular formula is C6H15N. The Bertz CT molecular complexity index is 66.1. The first-order valence-electron chi connectivity index (χ1n) is 3.88. The molecule has 0 aliphatic carbocycles. The van der Waals surface area contributed by atoms with Crippen LogP contribution >= 0.6 is 0 Å². The lowest BCUT2D eigenvalue weighted by molar-refractivity contribution is 0.398. The van der Waals surface area contributed by atoms with E-state index in [0.717, 1.165) is 19.4 Å². The molecule has 0 bridgehead atoms. The van der Waals surface area contributed by atoms with Crippen molar-refractivity contribution in [1.29, 1.82) is 0 Å². The lowest BCUT2D eigenvalue weighted by Gasteiger charge is -2.05. The fourth-order valence-electron chi connectivity index (χ4n) is 0.408. The van der Waals surface area contributed by atoms with E-state index in [1.165, 1.54) is 0 Å². The smallest absolute Gasteiger partial charge is 0.0394 e. The maximum Gasteiger partial charge on any atom is 0.0394 e. The predicted octanol–water partition coefficient (Wildman–Crippen LogP) is 1.35. The third-order valence-corrected chi connectivity index (χ3v) is 0.864. The summed E-state index contributed by atoms with van der Waals surface area (Å²) in [6.07, 6.45) is 2.22. The Morgan fingerprint density at radius 1 is 1.71 bits per heavy atom. The zero-order valence-corrected chi connectivity index (χ0v) is 5.15. The third kappa shape index (κ3) is 5.96. The molecule has 0 rings (SSSR count). The summed E-state index contributed by atoms with van der Waals surface area (Å²) in [6, 6.07) is 0. The average Bonchev–Trinajstić information content (AvgIpc) is 1.82. The summed E-state index contributed by atoms with van der Waals surface area (Å²) in [5.74, 6) is 0. The Labute approximate surface area is 49.1 Å². The van der Waals surface area contributed by atoms with Gasteiger partial charge in [-0.25, -0.2) is 0 Å². The monoisotopic (exact) mass is 105 g/mol. The minimum Gasteiger partial charge on any atom is -0.309 e. The molecule has 0 radical (unpaired) electrons. The van der Waals surface area contributed by atoms with Gasteiger partial charge in [0.15, 0.2) is 0 Å². The fraction of sp³-hybridized carbons (Fsp3) is 1.00. The third-order valence-electron chi connectivity index (χ3n) is 0.864. The largest absolute Gasteiger partial charge is 0.309 e. The molecule has 0 aromatic rings. The Morgan fingerprint density at radius 3 is 2.86 bits per heavy atom. The lowest BCUT2D eigenvalue weighted by atomic mass is 10.3. The number of hydrogen-bond donors (Lipinski definition) is 0. The minimum atomic E-state index is -0.795. The van der Waals surface area contributed by atoms with Gasteiger partial charge in [0.2, 0.25) is 0 Å². The van der Waals surface area contributed by atoms with Crippen LogP contribution in [-0.4, -0.2) is 25.5 Å². The standard InChI is InChI=1S/C6H15N/c1-4-5-6-7(2)3/h4-6H2,1-3H3/i2T2. The molecule has 0 amide bonds. The van der Waals surface area contributed by atoms with Gasteiger partial charge in [0.1, 0.15) is 0 Å². The van der Waals surface area contributed by atoms with Crippen LogP contribution in [0, 0.1) is 0 Å². The Morgan fingerprint density at radius 2 is 2.43 bits per heavy atom. The highest BCUT2D eigenvalue weighted by atomic mass is 15.0. The van der Waals surface area contributed by atoms with Gasteiger partial charge in [-0.15, -0.1) is 0 Å². The highest BCUT2D eigenvalue weighted by Gasteiger charge is 1.83. The van der Waals surface area contributed by atoms with E-state index in [-0.39, 0.29) is 0 Å². The molecule has 0 saturated carbocycles. The van der Waals surface area contributed by atoms with Gasteiger partial charge in [0.25, 0.3) is 0 Å². The summed E-state index contributed by atoms with van der Waals surface area (Å²) in [5.41, 5.74) is 0. The van der Waals surface area contributed by atoms with Crippen molar-refractivity contribution in [3.05, 3.63) is 0 Å². The molecule has 0 spiro atoms. The molecule has 0 aromatic carbocycles. The van der Waals surface area contributed by atoms with E-state index in [4.69, 9.17) is 2.74 Å². The highest BCUT2D eigenvalue weighted by Crippen LogP contribution is 1.86. The molecule has 1 heteroatoms. The lowest BCUT2D eigenvalue weighted by Crippen LogP contribution is -2.12. The molecule has 1 nitrogen and oxygen atoms in total. The van der Waals surface area contributed by atoms with Gasteiger partial charge in [-0.3, -0.25) is 0 Å². The summed E-state index contributed by atoms with van der Waals surface area (Å²) in [6.45, 7) is 2.18. The van der Waals surface area contributed by atoms with Crippen molar-refractivity contribution in [3.63, 3.8) is 0 Å². The number of hydrogen-bond acceptors (Lipinski definition) is 1. The fourth-order valence-corrected chi connectivity index (χ4v) is 0.408. The second kappa shape index (κ2) is 4.13. The molecule has 0 heterocycles. The van der Waals surface area contributed by atoms with E-state index in [1.807, 2.05) is 0 Å². The van der Waals surface area contributed by atoms with Gasteiger partial charge in [-0.2, -0.15) is 0 Å². The summed E-state index contributed by atoms with van der Waals surface area (Å²) in [4.78, 5) is 1.71. The molecule has 0 aliphatic heterocycles. The molecule has 0 atom stereocenters. The second-order valence-electron chi connectivity index (χ2n) is 1.83. The quantitative estimate of drug-likeness (QED) is 0.523. The SMILES string of the molecule is [3H]C([3H])N(C)CCCC. The molecule has 7 heavy (non-hydrogen) atoms. The van der Waals surface area contributed by atoms with Gasteiger partial charge in [-0.05, 0) is 27.0 Å². The number of rotatable bonds is 3. The molecule has 44 valence electrons. The van der Waals surface area contributed by atoms with Crippen LogP contribution in [0.2, 0.25) is 0 Å². The van der Waals surface area contributed by atoms with Crippen LogP contribution in [0.1, 0.15) is 22.5 Å². The number of nitrogens with zero attached hydrogens (tertiary/aromatic N) is 1. The summed E-state index contributed by atoms with van der Waals surface area (Å²) < 4.78 is 13.9. The summed E-state index contributed by atoms with van der Waals surface area (Å²) >= 11 is 0. The first-order valence-corrected chi connectivity index (χ1v) is 2.73. The van der Waals surface area contributed by atoms with Gasteiger partial charge in [-0.1, -0.05) is 13.3 Å². The summed E-state index contributed by atoms with van der Waals surface area (Å²) in [7, 11) is 1.81. The molecule has 0 N–H and O–H groups in total. The first-order chi connectivity index (χ1) is 4.18. The van der Waals surface area contributed by atoms with Crippen LogP contribution in [0.15, 0.2) is 0 Å². The Kier molecular flexibility index (Phi) is 2.30. The van der Waals surface area contributed by atoms with Crippen LogP contribution < -0.4 is 0 Å². The van der Waals surface area contributed by atoms with Crippen molar-refractivity contribution in [2.75, 3.05) is 20.6 Å². The maximum atomic E-state index is 6.95. The van der Waals surface area contributed by atoms with Gasteiger partial charge >= 0.3 is 0 Å². The maximum absolute atomic E-state index is 6.95. The summed E-state index contributed by atoms with van der Waals surface area (Å²) in [5, 5.41) is 0. The molecule has 0 saturated heterocycles. The second-order valence-corrected chi connectivity index (χ2v) is 1.83. The highest BCUT2D eigenvalue weighted by molar-refractivity contribution is 4.39. The van der Waals surface area contributed by atoms with Gasteiger partial charge in [0, 0.05) is 2.74 Å². The van der Waals surface area contributed by atoms with Gasteiger partial charge in [0.05, 0.1) is 0 Å². The Hall–Kier alpha value is -0.0400. The van der Waals surface area contributed by atoms with E-state index >= 15 is 0 Å². The Balaban J connectivity index is 3.16. The predicted molar refractivity (Wildman–Crippen MR) is 33.5 cm³/mol. The zero-order chi connectivity index (χ0) is 7.28. The minimum absolute atomic E-state index is 0.795. The van der Waals surface area contributed by atoms with Gasteiger partial charge < -0.3 is 4.90 Å². The van der Waals surface area contributed by atoms with Crippen LogP contribution in [0.4, 0.5) is 0 Å². The van der Waals surface area contributed by atoms with Crippen molar-refractivity contribution in [1.82, 2.24) is 4.90 Å². The van der Waals surface area contributed by atoms with Crippen molar-refractivity contribution in [2.45, 2.75) is 19.8 Å². The van der Waals surface area contributed by atoms with Crippen molar-refractivity contribution in [3.8, 4) is 0 Å². The van der Waals surface area contributed by atoms with E-state index < -0.39 is 7.00 Å². The van der Waals surface area contributed by atoms with E-state index in [2.05, 4.69) is 6.92 Å². The van der Waals surface area contributed by atoms with Crippen LogP contribution in [0.3, 0.4) is 0 Å². The van der Waals surface area contributed by atoms with Crippen LogP contribution in [-0.2, 0) is 0 Å². The van der Waals surface area contributed by atoms with Crippen molar-refractivity contribution < 1.29 is 2.74 Å².